The number of carbonyl (C=O) groups excluding carboxylic acids is 1. The van der Waals surface area contributed by atoms with E-state index < -0.39 is 0 Å². The van der Waals surface area contributed by atoms with Crippen molar-refractivity contribution in [2.24, 2.45) is 0 Å². The lowest BCUT2D eigenvalue weighted by molar-refractivity contribution is 0.0991. The van der Waals surface area contributed by atoms with Crippen LogP contribution in [-0.2, 0) is 6.54 Å². The van der Waals surface area contributed by atoms with E-state index in [4.69, 9.17) is 4.52 Å². The molecule has 2 aromatic heterocycles. The Bertz CT molecular complexity index is 1060. The minimum atomic E-state index is 0.0162. The molecule has 1 aliphatic heterocycles. The normalized spacial score (nSPS) is 13.2. The molecule has 2 aromatic carbocycles. The molecule has 0 radical (unpaired) electrons. The first-order valence-corrected chi connectivity index (χ1v) is 8.52. The van der Waals surface area contributed by atoms with Crippen molar-refractivity contribution in [2.75, 3.05) is 4.90 Å². The summed E-state index contributed by atoms with van der Waals surface area (Å²) in [6.45, 7) is 0.404. The summed E-state index contributed by atoms with van der Waals surface area (Å²) in [7, 11) is 0. The van der Waals surface area contributed by atoms with Gasteiger partial charge < -0.3 is 9.42 Å². The van der Waals surface area contributed by atoms with Crippen LogP contribution >= 0.6 is 11.3 Å². The molecule has 1 amide bonds. The van der Waals surface area contributed by atoms with Gasteiger partial charge in [-0.1, -0.05) is 35.5 Å². The standard InChI is InChI=1S/C19H12N2O2S/c22-19-14-6-1-4-12-5-2-7-15(18(12)14)21(19)11-13-10-16(23-20-13)17-8-3-9-24-17/h1-10H,11H2. The van der Waals surface area contributed by atoms with Crippen LogP contribution in [0, 0.1) is 0 Å². The molecule has 24 heavy (non-hydrogen) atoms. The van der Waals surface area contributed by atoms with Gasteiger partial charge in [0.25, 0.3) is 5.91 Å². The minimum absolute atomic E-state index is 0.0162. The van der Waals surface area contributed by atoms with E-state index in [1.54, 1.807) is 16.2 Å². The summed E-state index contributed by atoms with van der Waals surface area (Å²) in [5, 5.41) is 8.24. The van der Waals surface area contributed by atoms with E-state index in [1.807, 2.05) is 60.0 Å². The molecule has 0 bridgehead atoms. The Hall–Kier alpha value is -2.92. The fourth-order valence-electron chi connectivity index (χ4n) is 3.22. The summed E-state index contributed by atoms with van der Waals surface area (Å²) in [5.41, 5.74) is 2.44. The highest BCUT2D eigenvalue weighted by atomic mass is 32.1. The van der Waals surface area contributed by atoms with Gasteiger partial charge in [-0.15, -0.1) is 11.3 Å². The van der Waals surface area contributed by atoms with Crippen molar-refractivity contribution < 1.29 is 9.32 Å². The number of anilines is 1. The van der Waals surface area contributed by atoms with Crippen LogP contribution in [0.2, 0.25) is 0 Å². The Morgan fingerprint density at radius 2 is 1.96 bits per heavy atom. The first-order valence-electron chi connectivity index (χ1n) is 7.64. The van der Waals surface area contributed by atoms with Gasteiger partial charge in [0.2, 0.25) is 0 Å². The van der Waals surface area contributed by atoms with Crippen molar-refractivity contribution in [3.05, 3.63) is 71.2 Å². The topological polar surface area (TPSA) is 46.3 Å². The number of thiophene rings is 1. The SMILES string of the molecule is O=C1c2cccc3cccc(c23)N1Cc1cc(-c2cccs2)on1. The summed E-state index contributed by atoms with van der Waals surface area (Å²) >= 11 is 1.60. The predicted octanol–water partition coefficient (Wildman–Crippen LogP) is 4.72. The number of hydrogen-bond donors (Lipinski definition) is 0. The van der Waals surface area contributed by atoms with Crippen molar-refractivity contribution >= 4 is 33.7 Å². The van der Waals surface area contributed by atoms with Crippen LogP contribution in [0.3, 0.4) is 0 Å². The molecule has 5 heteroatoms. The second-order valence-corrected chi connectivity index (χ2v) is 6.68. The summed E-state index contributed by atoms with van der Waals surface area (Å²) in [6, 6.07) is 17.7. The lowest BCUT2D eigenvalue weighted by Crippen LogP contribution is -2.26. The first kappa shape index (κ1) is 13.5. The molecule has 3 heterocycles. The second kappa shape index (κ2) is 5.04. The van der Waals surface area contributed by atoms with Crippen molar-refractivity contribution in [3.63, 3.8) is 0 Å². The molecule has 4 nitrogen and oxygen atoms in total. The zero-order valence-electron chi connectivity index (χ0n) is 12.6. The second-order valence-electron chi connectivity index (χ2n) is 5.73. The molecule has 0 fully saturated rings. The fraction of sp³-hybridized carbons (Fsp3) is 0.0526. The Morgan fingerprint density at radius 1 is 1.08 bits per heavy atom. The van der Waals surface area contributed by atoms with Gasteiger partial charge in [-0.25, -0.2) is 0 Å². The zero-order chi connectivity index (χ0) is 16.1. The highest BCUT2D eigenvalue weighted by molar-refractivity contribution is 7.13. The summed E-state index contributed by atoms with van der Waals surface area (Å²) in [4.78, 5) is 15.6. The third kappa shape index (κ3) is 1.91. The highest BCUT2D eigenvalue weighted by Gasteiger charge is 2.30. The van der Waals surface area contributed by atoms with Crippen molar-refractivity contribution in [1.29, 1.82) is 0 Å². The predicted molar refractivity (Wildman–Crippen MR) is 94.3 cm³/mol. The molecule has 0 saturated carbocycles. The lowest BCUT2D eigenvalue weighted by Gasteiger charge is -2.15. The largest absolute Gasteiger partial charge is 0.355 e. The van der Waals surface area contributed by atoms with Crippen LogP contribution in [0.5, 0.6) is 0 Å². The molecule has 116 valence electrons. The van der Waals surface area contributed by atoms with Crippen molar-refractivity contribution in [3.8, 4) is 10.6 Å². The van der Waals surface area contributed by atoms with E-state index in [0.717, 1.165) is 38.4 Å². The van der Waals surface area contributed by atoms with E-state index in [0.29, 0.717) is 6.54 Å². The third-order valence-electron chi connectivity index (χ3n) is 4.29. The molecule has 0 atom stereocenters. The summed E-state index contributed by atoms with van der Waals surface area (Å²) < 4.78 is 5.43. The first-order chi connectivity index (χ1) is 11.8. The molecular formula is C19H12N2O2S. The summed E-state index contributed by atoms with van der Waals surface area (Å²) in [6.07, 6.45) is 0. The molecule has 5 rings (SSSR count). The minimum Gasteiger partial charge on any atom is -0.355 e. The molecule has 4 aromatic rings. The van der Waals surface area contributed by atoms with Crippen LogP contribution in [0.1, 0.15) is 16.1 Å². The van der Waals surface area contributed by atoms with Crippen LogP contribution in [0.25, 0.3) is 21.4 Å². The van der Waals surface area contributed by atoms with E-state index in [-0.39, 0.29) is 5.91 Å². The van der Waals surface area contributed by atoms with Crippen molar-refractivity contribution in [2.45, 2.75) is 6.54 Å². The molecule has 0 saturated heterocycles. The maximum absolute atomic E-state index is 12.8. The monoisotopic (exact) mass is 332 g/mol. The quantitative estimate of drug-likeness (QED) is 0.545. The van der Waals surface area contributed by atoms with Gasteiger partial charge in [0.15, 0.2) is 5.76 Å². The fourth-order valence-corrected chi connectivity index (χ4v) is 3.89. The van der Waals surface area contributed by atoms with Crippen LogP contribution in [0.4, 0.5) is 5.69 Å². The average Bonchev–Trinajstić information content (AvgIpc) is 3.33. The zero-order valence-corrected chi connectivity index (χ0v) is 13.4. The van der Waals surface area contributed by atoms with E-state index in [2.05, 4.69) is 5.16 Å². The number of benzene rings is 2. The molecule has 0 unspecified atom stereocenters. The maximum Gasteiger partial charge on any atom is 0.259 e. The third-order valence-corrected chi connectivity index (χ3v) is 5.18. The van der Waals surface area contributed by atoms with Gasteiger partial charge >= 0.3 is 0 Å². The molecule has 0 aliphatic carbocycles. The molecule has 1 aliphatic rings. The number of carbonyl (C=O) groups is 1. The van der Waals surface area contributed by atoms with E-state index >= 15 is 0 Å². The molecular weight excluding hydrogens is 320 g/mol. The Morgan fingerprint density at radius 3 is 2.79 bits per heavy atom. The number of nitrogens with zero attached hydrogens (tertiary/aromatic N) is 2. The average molecular weight is 332 g/mol. The lowest BCUT2D eigenvalue weighted by atomic mass is 10.1. The van der Waals surface area contributed by atoms with Crippen LogP contribution < -0.4 is 4.90 Å². The van der Waals surface area contributed by atoms with Gasteiger partial charge in [0, 0.05) is 17.0 Å². The van der Waals surface area contributed by atoms with Gasteiger partial charge in [-0.2, -0.15) is 0 Å². The number of amides is 1. The Labute approximate surface area is 141 Å². The van der Waals surface area contributed by atoms with Crippen LogP contribution in [-0.4, -0.2) is 11.1 Å². The maximum atomic E-state index is 12.8. The van der Waals surface area contributed by atoms with Crippen LogP contribution in [0.15, 0.2) is 64.5 Å². The Balaban J connectivity index is 1.53. The van der Waals surface area contributed by atoms with Crippen molar-refractivity contribution in [1.82, 2.24) is 5.16 Å². The van der Waals surface area contributed by atoms with Gasteiger partial charge in [-0.05, 0) is 29.0 Å². The van der Waals surface area contributed by atoms with E-state index in [9.17, 15) is 4.79 Å². The van der Waals surface area contributed by atoms with Gasteiger partial charge in [-0.3, -0.25) is 4.79 Å². The number of rotatable bonds is 3. The summed E-state index contributed by atoms with van der Waals surface area (Å²) in [5.74, 6) is 0.754. The van der Waals surface area contributed by atoms with Gasteiger partial charge in [0.05, 0.1) is 17.1 Å². The number of aromatic nitrogens is 1. The molecule has 0 N–H and O–H groups in total. The Kier molecular flexibility index (Phi) is 2.84. The van der Waals surface area contributed by atoms with E-state index in [1.165, 1.54) is 0 Å². The highest BCUT2D eigenvalue weighted by Crippen LogP contribution is 2.38. The number of hydrogen-bond acceptors (Lipinski definition) is 4. The smallest absolute Gasteiger partial charge is 0.259 e. The molecule has 0 spiro atoms. The van der Waals surface area contributed by atoms with Gasteiger partial charge in [0.1, 0.15) is 5.69 Å².